The van der Waals surface area contributed by atoms with Crippen LogP contribution in [0.1, 0.15) is 24.5 Å². The van der Waals surface area contributed by atoms with Crippen LogP contribution >= 0.6 is 0 Å². The van der Waals surface area contributed by atoms with Crippen molar-refractivity contribution in [2.45, 2.75) is 13.3 Å². The maximum atomic E-state index is 11.3. The number of nitrogens with one attached hydrogen (secondary N) is 2. The highest BCUT2D eigenvalue weighted by Gasteiger charge is 2.21. The Kier molecular flexibility index (Phi) is 5.11. The lowest BCUT2D eigenvalue weighted by Crippen LogP contribution is -2.31. The van der Waals surface area contributed by atoms with E-state index in [9.17, 15) is 20.0 Å². The molecular weight excluding hydrogens is 350 g/mol. The van der Waals surface area contributed by atoms with E-state index in [0.717, 1.165) is 17.0 Å². The average Bonchev–Trinajstić information content (AvgIpc) is 2.64. The van der Waals surface area contributed by atoms with E-state index in [2.05, 4.69) is 21.1 Å². The molecule has 3 N–H and O–H groups in total. The molecule has 1 heterocycles. The lowest BCUT2D eigenvalue weighted by molar-refractivity contribution is -0.385. The summed E-state index contributed by atoms with van der Waals surface area (Å²) in [7, 11) is 0. The minimum atomic E-state index is -0.657. The van der Waals surface area contributed by atoms with Crippen LogP contribution in [0, 0.1) is 16.0 Å². The summed E-state index contributed by atoms with van der Waals surface area (Å²) in [6, 6.07) is 11.4. The van der Waals surface area contributed by atoms with Crippen molar-refractivity contribution in [2.75, 3.05) is 5.43 Å². The normalized spacial score (nSPS) is 16.7. The molecule has 0 bridgehead atoms. The summed E-state index contributed by atoms with van der Waals surface area (Å²) in [5, 5.41) is 28.4. The predicted molar refractivity (Wildman–Crippen MR) is 101 cm³/mol. The van der Waals surface area contributed by atoms with Crippen LogP contribution < -0.4 is 10.9 Å². The van der Waals surface area contributed by atoms with Gasteiger partial charge < -0.3 is 5.11 Å². The molecule has 9 nitrogen and oxygen atoms in total. The Hall–Kier alpha value is -3.75. The van der Waals surface area contributed by atoms with Crippen molar-refractivity contribution in [2.24, 2.45) is 16.1 Å². The highest BCUT2D eigenvalue weighted by Crippen LogP contribution is 2.25. The van der Waals surface area contributed by atoms with Gasteiger partial charge in [0.05, 0.1) is 22.5 Å². The van der Waals surface area contributed by atoms with Gasteiger partial charge in [0.25, 0.3) is 0 Å². The standard InChI is InChI=1S/C18H17N5O4/c1-11-8-17(25)21-22-18(11)13-3-5-14(6-4-13)20-19-10-12-2-7-16(24)15(9-12)23(26)27/h2-7,9-11,20,24H,8H2,1H3,(H,21,25). The van der Waals surface area contributed by atoms with Gasteiger partial charge >= 0.3 is 5.69 Å². The topological polar surface area (TPSA) is 129 Å². The Morgan fingerprint density at radius 2 is 2.07 bits per heavy atom. The number of nitro benzene ring substituents is 1. The smallest absolute Gasteiger partial charge is 0.311 e. The second-order valence-corrected chi connectivity index (χ2v) is 6.09. The van der Waals surface area contributed by atoms with Gasteiger partial charge in [-0.15, -0.1) is 0 Å². The zero-order valence-electron chi connectivity index (χ0n) is 14.4. The van der Waals surface area contributed by atoms with Crippen LogP contribution in [-0.2, 0) is 4.79 Å². The summed E-state index contributed by atoms with van der Waals surface area (Å²) in [4.78, 5) is 21.5. The molecule has 1 unspecified atom stereocenters. The summed E-state index contributed by atoms with van der Waals surface area (Å²) < 4.78 is 0. The molecule has 0 aromatic heterocycles. The first-order valence-electron chi connectivity index (χ1n) is 8.17. The minimum absolute atomic E-state index is 0.0425. The third-order valence-corrected chi connectivity index (χ3v) is 4.04. The number of benzene rings is 2. The largest absolute Gasteiger partial charge is 0.502 e. The lowest BCUT2D eigenvalue weighted by atomic mass is 9.94. The molecule has 2 aromatic rings. The molecule has 1 aliphatic rings. The first-order chi connectivity index (χ1) is 12.9. The van der Waals surface area contributed by atoms with Crippen LogP contribution in [0.2, 0.25) is 0 Å². The SMILES string of the molecule is CC1CC(=O)NN=C1c1ccc(NN=Cc2ccc(O)c([N+](=O)[O-])c2)cc1. The Morgan fingerprint density at radius 1 is 1.33 bits per heavy atom. The lowest BCUT2D eigenvalue weighted by Gasteiger charge is -2.19. The van der Waals surface area contributed by atoms with Gasteiger partial charge in [0, 0.05) is 24.0 Å². The molecule has 27 heavy (non-hydrogen) atoms. The number of amides is 1. The zero-order valence-corrected chi connectivity index (χ0v) is 14.4. The van der Waals surface area contributed by atoms with Crippen LogP contribution in [-0.4, -0.2) is 27.9 Å². The molecule has 0 saturated carbocycles. The molecule has 0 fully saturated rings. The van der Waals surface area contributed by atoms with E-state index < -0.39 is 10.7 Å². The molecule has 0 radical (unpaired) electrons. The summed E-state index contributed by atoms with van der Waals surface area (Å²) in [5.41, 5.74) is 7.87. The summed E-state index contributed by atoms with van der Waals surface area (Å²) in [6.45, 7) is 1.95. The van der Waals surface area contributed by atoms with Gasteiger partial charge in [-0.05, 0) is 29.8 Å². The molecule has 3 rings (SSSR count). The number of nitrogens with zero attached hydrogens (tertiary/aromatic N) is 3. The van der Waals surface area contributed by atoms with Crippen LogP contribution in [0.5, 0.6) is 5.75 Å². The van der Waals surface area contributed by atoms with Crippen LogP contribution in [0.3, 0.4) is 0 Å². The highest BCUT2D eigenvalue weighted by molar-refractivity contribution is 6.05. The number of carbonyl (C=O) groups excluding carboxylic acids is 1. The molecule has 0 spiro atoms. The molecule has 2 aromatic carbocycles. The monoisotopic (exact) mass is 367 g/mol. The van der Waals surface area contributed by atoms with E-state index in [-0.39, 0.29) is 17.5 Å². The first kappa shape index (κ1) is 18.1. The van der Waals surface area contributed by atoms with Crippen molar-refractivity contribution in [3.63, 3.8) is 0 Å². The number of rotatable bonds is 5. The third kappa shape index (κ3) is 4.27. The fourth-order valence-corrected chi connectivity index (χ4v) is 2.67. The number of nitro groups is 1. The molecule has 1 atom stereocenters. The molecule has 1 aliphatic heterocycles. The van der Waals surface area contributed by atoms with Gasteiger partial charge in [-0.2, -0.15) is 10.2 Å². The maximum absolute atomic E-state index is 11.3. The number of phenolic OH excluding ortho intramolecular Hbond substituents is 1. The fraction of sp³-hybridized carbons (Fsp3) is 0.167. The number of phenols is 1. The average molecular weight is 367 g/mol. The third-order valence-electron chi connectivity index (χ3n) is 4.04. The summed E-state index contributed by atoms with van der Waals surface area (Å²) in [6.07, 6.45) is 1.82. The van der Waals surface area contributed by atoms with Gasteiger partial charge in [-0.1, -0.05) is 19.1 Å². The Labute approximate surface area is 154 Å². The second-order valence-electron chi connectivity index (χ2n) is 6.09. The Bertz CT molecular complexity index is 937. The van der Waals surface area contributed by atoms with Crippen molar-refractivity contribution in [1.82, 2.24) is 5.43 Å². The van der Waals surface area contributed by atoms with Gasteiger partial charge in [-0.3, -0.25) is 20.3 Å². The highest BCUT2D eigenvalue weighted by atomic mass is 16.6. The predicted octanol–water partition coefficient (Wildman–Crippen LogP) is 2.61. The number of hydrazone groups is 2. The number of aromatic hydroxyl groups is 1. The van der Waals surface area contributed by atoms with Crippen molar-refractivity contribution in [1.29, 1.82) is 0 Å². The molecular formula is C18H17N5O4. The van der Waals surface area contributed by atoms with Crippen molar-refractivity contribution >= 4 is 29.2 Å². The van der Waals surface area contributed by atoms with Gasteiger partial charge in [0.2, 0.25) is 5.91 Å². The van der Waals surface area contributed by atoms with E-state index in [1.54, 1.807) is 0 Å². The van der Waals surface area contributed by atoms with E-state index in [1.807, 2.05) is 31.2 Å². The van der Waals surface area contributed by atoms with Gasteiger partial charge in [0.1, 0.15) is 0 Å². The molecule has 0 saturated heterocycles. The summed E-state index contributed by atoms with van der Waals surface area (Å²) >= 11 is 0. The fourth-order valence-electron chi connectivity index (χ4n) is 2.67. The van der Waals surface area contributed by atoms with E-state index >= 15 is 0 Å². The zero-order chi connectivity index (χ0) is 19.4. The van der Waals surface area contributed by atoms with E-state index in [0.29, 0.717) is 12.0 Å². The molecule has 0 aliphatic carbocycles. The maximum Gasteiger partial charge on any atom is 0.311 e. The summed E-state index contributed by atoms with van der Waals surface area (Å²) in [5.74, 6) is -0.439. The van der Waals surface area contributed by atoms with Crippen LogP contribution in [0.25, 0.3) is 0 Å². The Morgan fingerprint density at radius 3 is 2.74 bits per heavy atom. The molecule has 9 heteroatoms. The number of anilines is 1. The second kappa shape index (κ2) is 7.65. The van der Waals surface area contributed by atoms with Gasteiger partial charge in [0.15, 0.2) is 5.75 Å². The van der Waals surface area contributed by atoms with Crippen LogP contribution in [0.4, 0.5) is 11.4 Å². The van der Waals surface area contributed by atoms with Crippen LogP contribution in [0.15, 0.2) is 52.7 Å². The molecule has 1 amide bonds. The van der Waals surface area contributed by atoms with Crippen molar-refractivity contribution in [3.05, 3.63) is 63.7 Å². The van der Waals surface area contributed by atoms with Gasteiger partial charge in [-0.25, -0.2) is 5.43 Å². The quantitative estimate of drug-likeness (QED) is 0.425. The van der Waals surface area contributed by atoms with Crippen molar-refractivity contribution in [3.8, 4) is 5.75 Å². The number of hydrogen-bond acceptors (Lipinski definition) is 7. The first-order valence-corrected chi connectivity index (χ1v) is 8.17. The molecule has 138 valence electrons. The van der Waals surface area contributed by atoms with E-state index in [4.69, 9.17) is 0 Å². The minimum Gasteiger partial charge on any atom is -0.502 e. The number of carbonyl (C=O) groups is 1. The van der Waals surface area contributed by atoms with E-state index in [1.165, 1.54) is 24.4 Å². The number of hydrogen-bond donors (Lipinski definition) is 3. The Balaban J connectivity index is 1.67. The van der Waals surface area contributed by atoms with Crippen molar-refractivity contribution < 1.29 is 14.8 Å².